The molecule has 1 unspecified atom stereocenters. The van der Waals surface area contributed by atoms with Crippen LogP contribution in [0.2, 0.25) is 0 Å². The molecule has 0 bridgehead atoms. The molecule has 0 aromatic heterocycles. The molecule has 0 radical (unpaired) electrons. The van der Waals surface area contributed by atoms with Crippen LogP contribution in [0.3, 0.4) is 0 Å². The predicted octanol–water partition coefficient (Wildman–Crippen LogP) is -18.3. The molecular formula is C50H85NO41. The van der Waals surface area contributed by atoms with Crippen molar-refractivity contribution in [2.75, 3.05) is 52.9 Å². The highest BCUT2D eigenvalue weighted by molar-refractivity contribution is 5.73. The quantitative estimate of drug-likeness (QED) is 0.0452. The fourth-order valence-electron chi connectivity index (χ4n) is 11.6. The molecule has 42 nitrogen and oxygen atoms in total. The predicted molar refractivity (Wildman–Crippen MR) is 276 cm³/mol. The molecule has 0 aromatic rings. The Labute approximate surface area is 519 Å². The third-order valence-corrected chi connectivity index (χ3v) is 17.0. The molecule has 26 N–H and O–H groups in total. The lowest BCUT2D eigenvalue weighted by molar-refractivity contribution is -0.407. The zero-order valence-electron chi connectivity index (χ0n) is 48.5. The Hall–Kier alpha value is -2.13. The van der Waals surface area contributed by atoms with Gasteiger partial charge in [-0.15, -0.1) is 0 Å². The van der Waals surface area contributed by atoms with Crippen molar-refractivity contribution >= 4 is 5.91 Å². The third kappa shape index (κ3) is 16.0. The Balaban J connectivity index is 1.06. The summed E-state index contributed by atoms with van der Waals surface area (Å²) in [5.74, 6) is -0.818. The van der Waals surface area contributed by atoms with Gasteiger partial charge in [0.05, 0.1) is 52.9 Å². The van der Waals surface area contributed by atoms with Crippen molar-refractivity contribution in [2.45, 2.75) is 253 Å². The van der Waals surface area contributed by atoms with Crippen LogP contribution in [-0.4, -0.2) is 432 Å². The van der Waals surface area contributed by atoms with E-state index in [4.69, 9.17) is 71.1 Å². The lowest BCUT2D eigenvalue weighted by atomic mass is 9.95. The molecule has 0 spiro atoms. The summed E-state index contributed by atoms with van der Waals surface area (Å²) < 4.78 is 85.9. The Kier molecular flexibility index (Phi) is 26.9. The summed E-state index contributed by atoms with van der Waals surface area (Å²) in [5, 5.41) is 272. The number of rotatable bonds is 23. The van der Waals surface area contributed by atoms with E-state index < -0.39 is 304 Å². The number of hydrogen-bond acceptors (Lipinski definition) is 41. The van der Waals surface area contributed by atoms with Crippen molar-refractivity contribution in [2.24, 2.45) is 0 Å². The summed E-state index contributed by atoms with van der Waals surface area (Å²) in [4.78, 5) is 12.2. The highest BCUT2D eigenvalue weighted by Crippen LogP contribution is 2.38. The molecule has 536 valence electrons. The van der Waals surface area contributed by atoms with Crippen LogP contribution in [0.5, 0.6) is 0 Å². The van der Waals surface area contributed by atoms with E-state index in [0.29, 0.717) is 0 Å². The minimum Gasteiger partial charge on any atom is -0.394 e. The maximum absolute atomic E-state index is 12.2. The van der Waals surface area contributed by atoms with E-state index in [0.717, 1.165) is 6.92 Å². The van der Waals surface area contributed by atoms with Crippen molar-refractivity contribution < 1.29 is 204 Å². The van der Waals surface area contributed by atoms with Gasteiger partial charge in [-0.05, 0) is 0 Å². The van der Waals surface area contributed by atoms with E-state index in [1.807, 2.05) is 0 Å². The first-order valence-electron chi connectivity index (χ1n) is 29.2. The number of carbonyl (C=O) groups excluding carboxylic acids is 1. The zero-order valence-corrected chi connectivity index (χ0v) is 48.5. The average Bonchev–Trinajstić information content (AvgIpc) is 1.00. The topological polar surface area (TPSA) is 673 Å². The number of hydrogen-bond donors (Lipinski definition) is 26. The molecule has 42 heteroatoms. The molecule has 8 aliphatic heterocycles. The van der Waals surface area contributed by atoms with Crippen molar-refractivity contribution in [3.05, 3.63) is 0 Å². The zero-order chi connectivity index (χ0) is 67.6. The number of carbonyl (C=O) groups is 1. The van der Waals surface area contributed by atoms with Crippen LogP contribution in [0.4, 0.5) is 0 Å². The fourth-order valence-corrected chi connectivity index (χ4v) is 11.6. The summed E-state index contributed by atoms with van der Waals surface area (Å²) in [7, 11) is 0. The smallest absolute Gasteiger partial charge is 0.217 e. The molecule has 0 saturated carbocycles. The van der Waals surface area contributed by atoms with Crippen molar-refractivity contribution in [1.82, 2.24) is 5.32 Å². The summed E-state index contributed by atoms with van der Waals surface area (Å²) >= 11 is 0. The highest BCUT2D eigenvalue weighted by Gasteiger charge is 2.59. The monoisotopic (exact) mass is 1360 g/mol. The van der Waals surface area contributed by atoms with Crippen LogP contribution < -0.4 is 5.32 Å². The molecule has 0 aromatic carbocycles. The molecule has 8 heterocycles. The van der Waals surface area contributed by atoms with Gasteiger partial charge in [0.25, 0.3) is 0 Å². The number of aliphatic hydroxyl groups excluding tert-OH is 25. The molecule has 1 amide bonds. The van der Waals surface area contributed by atoms with E-state index in [2.05, 4.69) is 5.32 Å². The van der Waals surface area contributed by atoms with Crippen molar-refractivity contribution in [3.63, 3.8) is 0 Å². The number of nitrogens with one attached hydrogen (secondary N) is 1. The van der Waals surface area contributed by atoms with Gasteiger partial charge in [-0.25, -0.2) is 0 Å². The Morgan fingerprint density at radius 3 is 1.00 bits per heavy atom. The molecule has 8 aliphatic rings. The Morgan fingerprint density at radius 2 is 0.576 bits per heavy atom. The van der Waals surface area contributed by atoms with Crippen LogP contribution in [-0.2, 0) is 75.8 Å². The van der Waals surface area contributed by atoms with Crippen LogP contribution in [0, 0.1) is 0 Å². The van der Waals surface area contributed by atoms with Gasteiger partial charge in [-0.1, -0.05) is 0 Å². The van der Waals surface area contributed by atoms with Crippen LogP contribution in [0.15, 0.2) is 0 Å². The lowest BCUT2D eigenvalue weighted by Gasteiger charge is -2.50. The first kappa shape index (κ1) is 75.6. The van der Waals surface area contributed by atoms with E-state index >= 15 is 0 Å². The SMILES string of the molecule is CC(=O)N[C@H]1C(O)O[C@H](CO)[C@@H](O[C@@H]2O[C@H](CO[C@H]3O[C@H](CO[C@H]4O[C@H](CO)[C@@H](O)[C@H](O)[C@@H]4O[C@H]4O[C@H](CO)[C@@H](O)[C@H](O)[C@@H]4O)[C@@H](O)[C@H](O)[C@@H]3O)[C@@H](O)[C@H](O[C@H]3O[C@H](CO)[C@@H](O)[C@H](O)[C@@H]3O[C@H]3O[C@H](CO)[C@@H](O)[C@@H](O)[C@@H]3O[C@H]3O[C@H](CO)[C@@H](O)[C@H](O)[C@@H]3O)[C@@H]2O)[C@@H]1O. The second-order valence-electron chi connectivity index (χ2n) is 23.2. The molecule has 8 fully saturated rings. The molecular weight excluding hydrogens is 1270 g/mol. The molecule has 92 heavy (non-hydrogen) atoms. The molecule has 0 aliphatic carbocycles. The minimum absolute atomic E-state index is 0.818. The van der Waals surface area contributed by atoms with Crippen LogP contribution >= 0.6 is 0 Å². The van der Waals surface area contributed by atoms with Gasteiger partial charge < -0.3 is 204 Å². The maximum Gasteiger partial charge on any atom is 0.217 e. The van der Waals surface area contributed by atoms with Gasteiger partial charge in [0.2, 0.25) is 5.91 Å². The molecule has 8 saturated heterocycles. The Bertz CT molecular complexity index is 2260. The normalized spacial score (nSPS) is 52.2. The van der Waals surface area contributed by atoms with Gasteiger partial charge in [-0.2, -0.15) is 0 Å². The van der Waals surface area contributed by atoms with Crippen LogP contribution in [0.25, 0.3) is 0 Å². The van der Waals surface area contributed by atoms with Gasteiger partial charge in [0.1, 0.15) is 195 Å². The van der Waals surface area contributed by atoms with E-state index in [9.17, 15) is 132 Å². The summed E-state index contributed by atoms with van der Waals surface area (Å²) in [6, 6.07) is -1.71. The highest BCUT2D eigenvalue weighted by atomic mass is 16.8. The fraction of sp³-hybridized carbons (Fsp3) is 0.980. The average molecular weight is 1360 g/mol. The summed E-state index contributed by atoms with van der Waals surface area (Å²) in [6.45, 7) is -7.13. The third-order valence-electron chi connectivity index (χ3n) is 17.0. The van der Waals surface area contributed by atoms with Gasteiger partial charge >= 0.3 is 0 Å². The van der Waals surface area contributed by atoms with Gasteiger partial charge in [0, 0.05) is 6.92 Å². The van der Waals surface area contributed by atoms with Crippen molar-refractivity contribution in [3.8, 4) is 0 Å². The molecule has 8 rings (SSSR count). The van der Waals surface area contributed by atoms with Gasteiger partial charge in [-0.3, -0.25) is 4.79 Å². The van der Waals surface area contributed by atoms with Crippen LogP contribution in [0.1, 0.15) is 6.92 Å². The first-order chi connectivity index (χ1) is 43.5. The molecule has 40 atom stereocenters. The number of amides is 1. The van der Waals surface area contributed by atoms with E-state index in [-0.39, 0.29) is 0 Å². The number of ether oxygens (including phenoxy) is 15. The maximum atomic E-state index is 12.2. The minimum atomic E-state index is -2.43. The van der Waals surface area contributed by atoms with E-state index in [1.54, 1.807) is 0 Å². The van der Waals surface area contributed by atoms with Crippen molar-refractivity contribution in [1.29, 1.82) is 0 Å². The Morgan fingerprint density at radius 1 is 0.283 bits per heavy atom. The first-order valence-corrected chi connectivity index (χ1v) is 29.2. The number of aliphatic hydroxyl groups is 25. The largest absolute Gasteiger partial charge is 0.394 e. The summed E-state index contributed by atoms with van der Waals surface area (Å²) in [6.07, 6.45) is -79.9. The standard InChI is InChI=1S/C50H85NO41/c1-10(58)51-19-27(66)38(16(7-57)80-43(19)77)88-47-37(76)39(89-49-42(33(72)24(63)14(5-55)84-49)92-50-41(32(71)23(62)15(6-56)85-50)91-46-36(75)29(68)21(60)12(3-53)82-46)26(65)18(87-47)9-78-44-34(73)30(69)25(64)17(86-44)8-79-48-40(31(70)22(61)13(4-54)83-48)90-45-35(74)28(67)20(59)11(2-52)81-45/h11-50,52-57,59-77H,2-9H2,1H3,(H,51,58)/t11-,12-,13-,14-,15-,16-,17-,18-,19-,20-,21-,22-,23-,24-,25-,26-,27-,28+,29+,30+,31+,32-,33+,34+,35+,36+,37+,38-,39+,40+,41+,42+,43?,44+,45-,46-,47+,48+,49-,50-/m1/s1. The second kappa shape index (κ2) is 32.7. The lowest BCUT2D eigenvalue weighted by Crippen LogP contribution is -2.69. The van der Waals surface area contributed by atoms with Gasteiger partial charge in [0.15, 0.2) is 50.3 Å². The van der Waals surface area contributed by atoms with E-state index in [1.165, 1.54) is 0 Å². The summed E-state index contributed by atoms with van der Waals surface area (Å²) in [5.41, 5.74) is 0. The second-order valence-corrected chi connectivity index (χ2v) is 23.2.